The normalized spacial score (nSPS) is 15.2. The highest BCUT2D eigenvalue weighted by atomic mass is 19.1. The molecule has 0 bridgehead atoms. The highest BCUT2D eigenvalue weighted by Gasteiger charge is 2.24. The molecule has 1 aromatic rings. The van der Waals surface area contributed by atoms with Crippen molar-refractivity contribution in [1.82, 2.24) is 5.32 Å². The van der Waals surface area contributed by atoms with Gasteiger partial charge in [0.1, 0.15) is 5.82 Å². The monoisotopic (exact) mass is 279 g/mol. The fourth-order valence-corrected chi connectivity index (χ4v) is 2.47. The molecule has 2 atom stereocenters. The summed E-state index contributed by atoms with van der Waals surface area (Å²) in [5, 5.41) is 3.55. The Morgan fingerprint density at radius 2 is 1.65 bits per heavy atom. The van der Waals surface area contributed by atoms with Crippen LogP contribution in [0.3, 0.4) is 0 Å². The zero-order valence-corrected chi connectivity index (χ0v) is 14.1. The molecule has 1 aromatic carbocycles. The molecule has 0 heterocycles. The van der Waals surface area contributed by atoms with Crippen LogP contribution < -0.4 is 5.32 Å². The second kappa shape index (κ2) is 6.71. The Balaban J connectivity index is 3.02. The molecular weight excluding hydrogens is 249 g/mol. The quantitative estimate of drug-likeness (QED) is 0.784. The molecule has 1 rings (SSSR count). The predicted molar refractivity (Wildman–Crippen MR) is 85.5 cm³/mol. The molecule has 0 radical (unpaired) electrons. The Morgan fingerprint density at radius 1 is 1.15 bits per heavy atom. The number of benzene rings is 1. The summed E-state index contributed by atoms with van der Waals surface area (Å²) in [6.45, 7) is 15.9. The first-order chi connectivity index (χ1) is 9.16. The van der Waals surface area contributed by atoms with Gasteiger partial charge in [-0.1, -0.05) is 46.8 Å². The average Bonchev–Trinajstić information content (AvgIpc) is 2.33. The highest BCUT2D eigenvalue weighted by molar-refractivity contribution is 5.32. The van der Waals surface area contributed by atoms with E-state index in [-0.39, 0.29) is 11.2 Å². The van der Waals surface area contributed by atoms with Crippen LogP contribution in [-0.2, 0) is 0 Å². The summed E-state index contributed by atoms with van der Waals surface area (Å²) in [5.41, 5.74) is 2.98. The number of aryl methyl sites for hydroxylation is 2. The van der Waals surface area contributed by atoms with Gasteiger partial charge < -0.3 is 5.32 Å². The summed E-state index contributed by atoms with van der Waals surface area (Å²) in [5.74, 6) is 0.519. The van der Waals surface area contributed by atoms with Crippen LogP contribution in [0.4, 0.5) is 4.39 Å². The maximum atomic E-state index is 13.8. The van der Waals surface area contributed by atoms with Crippen LogP contribution in [0.25, 0.3) is 0 Å². The lowest BCUT2D eigenvalue weighted by Crippen LogP contribution is -2.27. The molecule has 2 unspecified atom stereocenters. The Labute approximate surface area is 124 Å². The number of halogens is 1. The molecule has 0 aliphatic heterocycles. The number of nitrogens with one attached hydrogen (secondary N) is 1. The van der Waals surface area contributed by atoms with Gasteiger partial charge in [0.25, 0.3) is 0 Å². The minimum absolute atomic E-state index is 0.0760. The lowest BCUT2D eigenvalue weighted by atomic mass is 9.77. The van der Waals surface area contributed by atoms with Gasteiger partial charge in [-0.2, -0.15) is 0 Å². The van der Waals surface area contributed by atoms with Gasteiger partial charge in [-0.05, 0) is 54.8 Å². The van der Waals surface area contributed by atoms with Gasteiger partial charge in [0.2, 0.25) is 0 Å². The topological polar surface area (TPSA) is 12.0 Å². The Bertz CT molecular complexity index is 422. The molecule has 0 fully saturated rings. The molecule has 0 saturated heterocycles. The van der Waals surface area contributed by atoms with E-state index in [4.69, 9.17) is 0 Å². The minimum Gasteiger partial charge on any atom is -0.310 e. The molecule has 20 heavy (non-hydrogen) atoms. The molecule has 2 heteroatoms. The first-order valence-corrected chi connectivity index (χ1v) is 7.66. The number of hydrogen-bond donors (Lipinski definition) is 1. The van der Waals surface area contributed by atoms with Crippen LogP contribution in [0.5, 0.6) is 0 Å². The minimum atomic E-state index is -0.0760. The van der Waals surface area contributed by atoms with Crippen molar-refractivity contribution >= 4 is 0 Å². The molecule has 0 aromatic heterocycles. The van der Waals surface area contributed by atoms with Crippen molar-refractivity contribution in [1.29, 1.82) is 0 Å². The summed E-state index contributed by atoms with van der Waals surface area (Å²) < 4.78 is 13.8. The van der Waals surface area contributed by atoms with E-state index in [2.05, 4.69) is 39.9 Å². The Morgan fingerprint density at radius 3 is 2.05 bits per heavy atom. The van der Waals surface area contributed by atoms with Crippen molar-refractivity contribution < 1.29 is 4.39 Å². The smallest absolute Gasteiger partial charge is 0.129 e. The van der Waals surface area contributed by atoms with Crippen LogP contribution in [0.1, 0.15) is 63.8 Å². The van der Waals surface area contributed by atoms with Crippen molar-refractivity contribution in [2.75, 3.05) is 6.54 Å². The van der Waals surface area contributed by atoms with Gasteiger partial charge in [-0.3, -0.25) is 0 Å². The van der Waals surface area contributed by atoms with E-state index in [0.717, 1.165) is 24.1 Å². The summed E-state index contributed by atoms with van der Waals surface area (Å²) in [6, 6.07) is 4.28. The summed E-state index contributed by atoms with van der Waals surface area (Å²) in [7, 11) is 0. The molecule has 0 saturated carbocycles. The van der Waals surface area contributed by atoms with Gasteiger partial charge in [-0.25, -0.2) is 4.39 Å². The van der Waals surface area contributed by atoms with Crippen molar-refractivity contribution in [3.63, 3.8) is 0 Å². The molecular formula is C18H30FN. The molecule has 114 valence electrons. The van der Waals surface area contributed by atoms with Gasteiger partial charge in [0.15, 0.2) is 0 Å². The fraction of sp³-hybridized carbons (Fsp3) is 0.667. The number of hydrogen-bond acceptors (Lipinski definition) is 1. The summed E-state index contributed by atoms with van der Waals surface area (Å²) >= 11 is 0. The summed E-state index contributed by atoms with van der Waals surface area (Å²) in [6.07, 6.45) is 1.07. The molecule has 0 aliphatic carbocycles. The third-order valence-electron chi connectivity index (χ3n) is 4.38. The molecule has 0 amide bonds. The van der Waals surface area contributed by atoms with Gasteiger partial charge >= 0.3 is 0 Å². The first kappa shape index (κ1) is 17.2. The van der Waals surface area contributed by atoms with Crippen molar-refractivity contribution in [3.05, 3.63) is 34.6 Å². The highest BCUT2D eigenvalue weighted by Crippen LogP contribution is 2.34. The maximum absolute atomic E-state index is 13.8. The van der Waals surface area contributed by atoms with Gasteiger partial charge in [-0.15, -0.1) is 0 Å². The third kappa shape index (κ3) is 4.31. The van der Waals surface area contributed by atoms with E-state index in [1.54, 1.807) is 0 Å². The molecule has 1 N–H and O–H groups in total. The van der Waals surface area contributed by atoms with Crippen LogP contribution in [0.15, 0.2) is 12.1 Å². The first-order valence-electron chi connectivity index (χ1n) is 7.66. The molecule has 0 spiro atoms. The lowest BCUT2D eigenvalue weighted by molar-refractivity contribution is 0.224. The van der Waals surface area contributed by atoms with E-state index in [9.17, 15) is 4.39 Å². The van der Waals surface area contributed by atoms with E-state index in [1.165, 1.54) is 5.56 Å². The van der Waals surface area contributed by atoms with E-state index in [1.807, 2.05) is 26.0 Å². The Kier molecular flexibility index (Phi) is 5.76. The lowest BCUT2D eigenvalue weighted by Gasteiger charge is -2.31. The zero-order valence-electron chi connectivity index (χ0n) is 14.1. The maximum Gasteiger partial charge on any atom is 0.129 e. The van der Waals surface area contributed by atoms with Gasteiger partial charge in [0, 0.05) is 6.04 Å². The molecule has 1 nitrogen and oxygen atoms in total. The Hall–Kier alpha value is -0.890. The largest absolute Gasteiger partial charge is 0.310 e. The summed E-state index contributed by atoms with van der Waals surface area (Å²) in [4.78, 5) is 0. The second-order valence-corrected chi connectivity index (χ2v) is 7.08. The third-order valence-corrected chi connectivity index (χ3v) is 4.38. The van der Waals surface area contributed by atoms with Crippen molar-refractivity contribution in [3.8, 4) is 0 Å². The van der Waals surface area contributed by atoms with Crippen LogP contribution in [-0.4, -0.2) is 6.54 Å². The van der Waals surface area contributed by atoms with E-state index in [0.29, 0.717) is 12.0 Å². The van der Waals surface area contributed by atoms with Crippen molar-refractivity contribution in [2.45, 2.75) is 60.9 Å². The van der Waals surface area contributed by atoms with Crippen LogP contribution in [0, 0.1) is 31.0 Å². The predicted octanol–water partition coefficient (Wildman–Crippen LogP) is 5.17. The zero-order chi connectivity index (χ0) is 15.5. The van der Waals surface area contributed by atoms with E-state index < -0.39 is 0 Å². The fourth-order valence-electron chi connectivity index (χ4n) is 2.47. The van der Waals surface area contributed by atoms with Crippen molar-refractivity contribution in [2.24, 2.45) is 11.3 Å². The SMILES string of the molecule is CCNC(CC(C)C(C)(C)C)c1cc(C)c(F)c(C)c1. The average molecular weight is 279 g/mol. The van der Waals surface area contributed by atoms with Crippen LogP contribution >= 0.6 is 0 Å². The standard InChI is InChI=1S/C18H30FN/c1-8-20-16(11-14(4)18(5,6)7)15-9-12(2)17(19)13(3)10-15/h9-10,14,16,20H,8,11H2,1-7H3. The van der Waals surface area contributed by atoms with Crippen LogP contribution in [0.2, 0.25) is 0 Å². The number of rotatable bonds is 5. The molecule has 0 aliphatic rings. The van der Waals surface area contributed by atoms with Gasteiger partial charge in [0.05, 0.1) is 0 Å². The van der Waals surface area contributed by atoms with E-state index >= 15 is 0 Å². The second-order valence-electron chi connectivity index (χ2n) is 7.08.